The van der Waals surface area contributed by atoms with E-state index in [1.54, 1.807) is 29.4 Å². The van der Waals surface area contributed by atoms with Gasteiger partial charge in [-0.1, -0.05) is 23.7 Å². The maximum absolute atomic E-state index is 13.2. The number of carbonyl (C=O) groups is 2. The second-order valence-corrected chi connectivity index (χ2v) is 8.35. The van der Waals surface area contributed by atoms with Crippen molar-refractivity contribution >= 4 is 23.3 Å². The van der Waals surface area contributed by atoms with E-state index in [1.165, 1.54) is 0 Å². The van der Waals surface area contributed by atoms with Gasteiger partial charge in [0.2, 0.25) is 0 Å². The summed E-state index contributed by atoms with van der Waals surface area (Å²) in [5, 5.41) is 8.03. The first-order chi connectivity index (χ1) is 15.1. The zero-order chi connectivity index (χ0) is 21.4. The summed E-state index contributed by atoms with van der Waals surface area (Å²) >= 11 is 6.34. The molecule has 1 amide bonds. The minimum Gasteiger partial charge on any atom is -0.489 e. The molecule has 1 saturated heterocycles. The van der Waals surface area contributed by atoms with Crippen LogP contribution in [0.5, 0.6) is 5.75 Å². The highest BCUT2D eigenvalue weighted by Crippen LogP contribution is 2.34. The lowest BCUT2D eigenvalue weighted by Crippen LogP contribution is -2.44. The lowest BCUT2D eigenvalue weighted by Gasteiger charge is -2.37. The average Bonchev–Trinajstić information content (AvgIpc) is 3.34. The molecule has 31 heavy (non-hydrogen) atoms. The van der Waals surface area contributed by atoms with Crippen LogP contribution in [-0.4, -0.2) is 50.5 Å². The highest BCUT2D eigenvalue weighted by atomic mass is 35.5. The van der Waals surface area contributed by atoms with Crippen LogP contribution in [0, 0.1) is 5.92 Å². The lowest BCUT2D eigenvalue weighted by molar-refractivity contribution is 0.0452. The maximum atomic E-state index is 13.2. The van der Waals surface area contributed by atoms with Gasteiger partial charge >= 0.3 is 0 Å². The highest BCUT2D eigenvalue weighted by Gasteiger charge is 2.35. The molecule has 2 aromatic carbocycles. The molecule has 1 atom stereocenters. The molecule has 8 heteroatoms. The molecule has 1 aromatic heterocycles. The SMILES string of the molecule is O=C1CC(C2CCN(C(=O)c3cc(-n4cnnc4)ccc3Cl)CC2)Oc2ccccc21. The van der Waals surface area contributed by atoms with E-state index in [-0.39, 0.29) is 23.7 Å². The number of Topliss-reactive ketones (excluding diaryl/α,β-unsaturated/α-hetero) is 1. The molecule has 1 unspecified atom stereocenters. The molecule has 2 aliphatic heterocycles. The Morgan fingerprint density at radius 2 is 1.81 bits per heavy atom. The van der Waals surface area contributed by atoms with E-state index in [0.717, 1.165) is 18.5 Å². The number of nitrogens with zero attached hydrogens (tertiary/aromatic N) is 4. The number of para-hydroxylation sites is 1. The molecule has 158 valence electrons. The van der Waals surface area contributed by atoms with Crippen LogP contribution in [-0.2, 0) is 0 Å². The van der Waals surface area contributed by atoms with Crippen molar-refractivity contribution in [3.8, 4) is 11.4 Å². The van der Waals surface area contributed by atoms with Crippen LogP contribution >= 0.6 is 11.6 Å². The molecule has 3 heterocycles. The van der Waals surface area contributed by atoms with Gasteiger partial charge in [0.25, 0.3) is 5.91 Å². The Kier molecular flexibility index (Phi) is 5.19. The fourth-order valence-electron chi connectivity index (χ4n) is 4.38. The lowest BCUT2D eigenvalue weighted by atomic mass is 9.86. The standard InChI is InChI=1S/C23H21ClN4O3/c24-19-6-5-16(28-13-25-26-14-28)11-18(19)23(30)27-9-7-15(8-10-27)22-12-20(29)17-3-1-2-4-21(17)31-22/h1-6,11,13-15,22H,7-10,12H2. The predicted molar refractivity (Wildman–Crippen MR) is 115 cm³/mol. The third kappa shape index (κ3) is 3.81. The molecule has 5 rings (SSSR count). The van der Waals surface area contributed by atoms with Gasteiger partial charge in [-0.15, -0.1) is 10.2 Å². The van der Waals surface area contributed by atoms with E-state index in [2.05, 4.69) is 10.2 Å². The monoisotopic (exact) mass is 436 g/mol. The molecule has 7 nitrogen and oxygen atoms in total. The number of likely N-dealkylation sites (tertiary alicyclic amines) is 1. The third-order valence-corrected chi connectivity index (χ3v) is 6.43. The second kappa shape index (κ2) is 8.15. The van der Waals surface area contributed by atoms with E-state index >= 15 is 0 Å². The predicted octanol–water partition coefficient (Wildman–Crippen LogP) is 3.81. The van der Waals surface area contributed by atoms with Crippen LogP contribution in [0.15, 0.2) is 55.1 Å². The number of piperidine rings is 1. The van der Waals surface area contributed by atoms with Crippen molar-refractivity contribution in [3.63, 3.8) is 0 Å². The van der Waals surface area contributed by atoms with Crippen molar-refractivity contribution in [1.29, 1.82) is 0 Å². The van der Waals surface area contributed by atoms with Crippen molar-refractivity contribution in [2.75, 3.05) is 13.1 Å². The fourth-order valence-corrected chi connectivity index (χ4v) is 4.57. The van der Waals surface area contributed by atoms with Crippen LogP contribution in [0.3, 0.4) is 0 Å². The van der Waals surface area contributed by atoms with E-state index in [1.807, 2.05) is 35.2 Å². The number of hydrogen-bond acceptors (Lipinski definition) is 5. The molecule has 1 fully saturated rings. The van der Waals surface area contributed by atoms with Crippen LogP contribution in [0.1, 0.15) is 40.0 Å². The van der Waals surface area contributed by atoms with Gasteiger partial charge in [-0.05, 0) is 49.1 Å². The van der Waals surface area contributed by atoms with Crippen molar-refractivity contribution < 1.29 is 14.3 Å². The van der Waals surface area contributed by atoms with E-state index in [4.69, 9.17) is 16.3 Å². The Hall–Kier alpha value is -3.19. The first-order valence-electron chi connectivity index (χ1n) is 10.3. The van der Waals surface area contributed by atoms with Crippen molar-refractivity contribution in [3.05, 3.63) is 71.3 Å². The molecule has 0 saturated carbocycles. The molecule has 0 radical (unpaired) electrons. The normalized spacial score (nSPS) is 19.1. The van der Waals surface area contributed by atoms with Crippen LogP contribution in [0.25, 0.3) is 5.69 Å². The highest BCUT2D eigenvalue weighted by molar-refractivity contribution is 6.33. The molecule has 0 spiro atoms. The first kappa shape index (κ1) is 19.8. The zero-order valence-corrected chi connectivity index (χ0v) is 17.5. The summed E-state index contributed by atoms with van der Waals surface area (Å²) in [5.41, 5.74) is 1.90. The molecule has 3 aromatic rings. The van der Waals surface area contributed by atoms with E-state index < -0.39 is 0 Å². The largest absolute Gasteiger partial charge is 0.489 e. The Labute approximate surface area is 184 Å². The number of halogens is 1. The zero-order valence-electron chi connectivity index (χ0n) is 16.8. The maximum Gasteiger partial charge on any atom is 0.255 e. The number of fused-ring (bicyclic) bond motifs is 1. The van der Waals surface area contributed by atoms with Gasteiger partial charge in [0.05, 0.1) is 16.1 Å². The smallest absolute Gasteiger partial charge is 0.255 e. The summed E-state index contributed by atoms with van der Waals surface area (Å²) in [7, 11) is 0. The molecule has 0 aliphatic carbocycles. The first-order valence-corrected chi connectivity index (χ1v) is 10.7. The number of ketones is 1. The summed E-state index contributed by atoms with van der Waals surface area (Å²) in [6.07, 6.45) is 4.98. The molecule has 2 aliphatic rings. The quantitative estimate of drug-likeness (QED) is 0.624. The fraction of sp³-hybridized carbons (Fsp3) is 0.304. The number of benzene rings is 2. The summed E-state index contributed by atoms with van der Waals surface area (Å²) in [6, 6.07) is 12.7. The third-order valence-electron chi connectivity index (χ3n) is 6.10. The molecular formula is C23H21ClN4O3. The summed E-state index contributed by atoms with van der Waals surface area (Å²) in [6.45, 7) is 1.21. The Morgan fingerprint density at radius 1 is 1.06 bits per heavy atom. The number of ether oxygens (including phenoxy) is 1. The van der Waals surface area contributed by atoms with Crippen molar-refractivity contribution in [1.82, 2.24) is 19.7 Å². The van der Waals surface area contributed by atoms with Gasteiger partial charge in [0.1, 0.15) is 24.5 Å². The van der Waals surface area contributed by atoms with Gasteiger partial charge in [0.15, 0.2) is 5.78 Å². The Balaban J connectivity index is 1.27. The second-order valence-electron chi connectivity index (χ2n) is 7.94. The van der Waals surface area contributed by atoms with Crippen LogP contribution < -0.4 is 4.74 Å². The number of amides is 1. The van der Waals surface area contributed by atoms with Crippen LogP contribution in [0.2, 0.25) is 5.02 Å². The van der Waals surface area contributed by atoms with E-state index in [9.17, 15) is 9.59 Å². The molecule has 0 bridgehead atoms. The summed E-state index contributed by atoms with van der Waals surface area (Å²) in [5.74, 6) is 0.937. The number of rotatable bonds is 3. The van der Waals surface area contributed by atoms with Gasteiger partial charge in [0, 0.05) is 25.2 Å². The minimum atomic E-state index is -0.139. The number of aromatic nitrogens is 3. The summed E-state index contributed by atoms with van der Waals surface area (Å²) in [4.78, 5) is 27.5. The van der Waals surface area contributed by atoms with E-state index in [0.29, 0.717) is 41.4 Å². The van der Waals surface area contributed by atoms with Crippen molar-refractivity contribution in [2.24, 2.45) is 5.92 Å². The molecular weight excluding hydrogens is 416 g/mol. The number of hydrogen-bond donors (Lipinski definition) is 0. The van der Waals surface area contributed by atoms with Gasteiger partial charge in [-0.2, -0.15) is 0 Å². The van der Waals surface area contributed by atoms with Gasteiger partial charge in [-0.25, -0.2) is 0 Å². The van der Waals surface area contributed by atoms with Gasteiger partial charge < -0.3 is 9.64 Å². The van der Waals surface area contributed by atoms with Crippen molar-refractivity contribution in [2.45, 2.75) is 25.4 Å². The Morgan fingerprint density at radius 3 is 2.58 bits per heavy atom. The molecule has 0 N–H and O–H groups in total. The average molecular weight is 437 g/mol. The topological polar surface area (TPSA) is 77.3 Å². The summed E-state index contributed by atoms with van der Waals surface area (Å²) < 4.78 is 7.87. The van der Waals surface area contributed by atoms with Gasteiger partial charge in [-0.3, -0.25) is 14.2 Å². The minimum absolute atomic E-state index is 0.0932. The Bertz CT molecular complexity index is 1120. The van der Waals surface area contributed by atoms with Crippen LogP contribution in [0.4, 0.5) is 0 Å². The number of carbonyl (C=O) groups excluding carboxylic acids is 2.